The van der Waals surface area contributed by atoms with Crippen molar-refractivity contribution in [2.24, 2.45) is 0 Å². The molecule has 0 aliphatic rings. The SMILES string of the molecule is CNCc1cc(F)cc(Oc2ccc(CCC(=O)O)c(C)c2)c1.Cc1c(C=O)[nH]c2ccc(F)cc12. The molecule has 0 fully saturated rings. The van der Waals surface area contributed by atoms with Crippen LogP contribution >= 0.6 is 0 Å². The molecule has 0 aliphatic heterocycles. The Bertz CT molecular complexity index is 1380. The van der Waals surface area contributed by atoms with Gasteiger partial charge >= 0.3 is 5.97 Å². The number of aldehydes is 1. The maximum atomic E-state index is 13.6. The van der Waals surface area contributed by atoms with Crippen molar-refractivity contribution in [1.29, 1.82) is 0 Å². The van der Waals surface area contributed by atoms with Crippen molar-refractivity contribution >= 4 is 23.2 Å². The Kier molecular flexibility index (Phi) is 8.91. The van der Waals surface area contributed by atoms with Crippen LogP contribution in [0.2, 0.25) is 0 Å². The Morgan fingerprint density at radius 3 is 2.47 bits per heavy atom. The largest absolute Gasteiger partial charge is 0.481 e. The third kappa shape index (κ3) is 6.99. The minimum Gasteiger partial charge on any atom is -0.481 e. The van der Waals surface area contributed by atoms with Crippen molar-refractivity contribution in [3.63, 3.8) is 0 Å². The number of ether oxygens (including phenoxy) is 1. The Balaban J connectivity index is 0.000000233. The summed E-state index contributed by atoms with van der Waals surface area (Å²) in [6, 6.07) is 14.5. The van der Waals surface area contributed by atoms with Crippen molar-refractivity contribution in [3.05, 3.63) is 94.2 Å². The first-order valence-electron chi connectivity index (χ1n) is 11.4. The van der Waals surface area contributed by atoms with Crippen molar-refractivity contribution in [3.8, 4) is 11.5 Å². The first-order valence-corrected chi connectivity index (χ1v) is 11.4. The van der Waals surface area contributed by atoms with Crippen LogP contribution in [-0.4, -0.2) is 29.4 Å². The molecule has 0 bridgehead atoms. The molecule has 0 amide bonds. The van der Waals surface area contributed by atoms with E-state index in [4.69, 9.17) is 9.84 Å². The van der Waals surface area contributed by atoms with Gasteiger partial charge in [0.1, 0.15) is 23.1 Å². The van der Waals surface area contributed by atoms with E-state index < -0.39 is 5.97 Å². The Morgan fingerprint density at radius 2 is 1.81 bits per heavy atom. The lowest BCUT2D eigenvalue weighted by Gasteiger charge is -2.11. The molecule has 0 saturated carbocycles. The van der Waals surface area contributed by atoms with E-state index >= 15 is 0 Å². The number of H-pyrrole nitrogens is 1. The molecule has 4 rings (SSSR count). The van der Waals surface area contributed by atoms with Gasteiger partial charge in [-0.2, -0.15) is 0 Å². The fourth-order valence-electron chi connectivity index (χ4n) is 3.81. The van der Waals surface area contributed by atoms with Gasteiger partial charge in [0, 0.05) is 29.9 Å². The topological polar surface area (TPSA) is 91.4 Å². The zero-order chi connectivity index (χ0) is 26.2. The minimum atomic E-state index is -0.818. The Morgan fingerprint density at radius 1 is 1.03 bits per heavy atom. The van der Waals surface area contributed by atoms with Crippen molar-refractivity contribution in [2.75, 3.05) is 7.05 Å². The third-order valence-corrected chi connectivity index (χ3v) is 5.65. The highest BCUT2D eigenvalue weighted by Crippen LogP contribution is 2.26. The molecule has 0 unspecified atom stereocenters. The fraction of sp³-hybridized carbons (Fsp3) is 0.214. The summed E-state index contributed by atoms with van der Waals surface area (Å²) in [4.78, 5) is 24.1. The summed E-state index contributed by atoms with van der Waals surface area (Å²) in [6.45, 7) is 4.26. The number of carboxylic acids is 1. The number of fused-ring (bicyclic) bond motifs is 1. The summed E-state index contributed by atoms with van der Waals surface area (Å²) in [5.74, 6) is -0.410. The standard InChI is InChI=1S/C18H20FNO3.C10H8FNO/c1-12-7-16(5-3-14(12)4-6-18(21)22)23-17-9-13(11-20-2)8-15(19)10-17;1-6-8-4-7(11)2-3-9(8)12-10(6)5-13/h3,5,7-10,20H,4,6,11H2,1-2H3,(H,21,22);2-5,12H,1H3. The minimum absolute atomic E-state index is 0.0956. The zero-order valence-corrected chi connectivity index (χ0v) is 20.3. The molecule has 4 aromatic rings. The third-order valence-electron chi connectivity index (χ3n) is 5.65. The molecule has 1 heterocycles. The highest BCUT2D eigenvalue weighted by Gasteiger charge is 2.08. The van der Waals surface area contributed by atoms with Crippen LogP contribution in [0.3, 0.4) is 0 Å². The zero-order valence-electron chi connectivity index (χ0n) is 20.3. The second kappa shape index (κ2) is 12.1. The van der Waals surface area contributed by atoms with Gasteiger partial charge in [0.05, 0.1) is 5.69 Å². The maximum Gasteiger partial charge on any atom is 0.303 e. The van der Waals surface area contributed by atoms with Crippen LogP contribution in [0.25, 0.3) is 10.9 Å². The molecular formula is C28H28F2N2O4. The number of aromatic amines is 1. The molecule has 1 aromatic heterocycles. The van der Waals surface area contributed by atoms with E-state index in [-0.39, 0.29) is 18.1 Å². The van der Waals surface area contributed by atoms with Gasteiger partial charge in [0.25, 0.3) is 0 Å². The molecule has 0 radical (unpaired) electrons. The number of aryl methyl sites for hydroxylation is 3. The highest BCUT2D eigenvalue weighted by molar-refractivity contribution is 5.91. The summed E-state index contributed by atoms with van der Waals surface area (Å²) in [6.07, 6.45) is 1.32. The summed E-state index contributed by atoms with van der Waals surface area (Å²) in [7, 11) is 1.80. The number of rotatable bonds is 8. The van der Waals surface area contributed by atoms with Gasteiger partial charge in [-0.1, -0.05) is 6.07 Å². The molecular weight excluding hydrogens is 466 g/mol. The lowest BCUT2D eigenvalue weighted by Crippen LogP contribution is -2.05. The summed E-state index contributed by atoms with van der Waals surface area (Å²) < 4.78 is 32.2. The first-order chi connectivity index (χ1) is 17.2. The van der Waals surface area contributed by atoms with E-state index in [0.29, 0.717) is 30.2 Å². The van der Waals surface area contributed by atoms with Crippen LogP contribution in [0.4, 0.5) is 8.78 Å². The second-order valence-electron chi connectivity index (χ2n) is 8.38. The Labute approximate surface area is 207 Å². The van der Waals surface area contributed by atoms with Gasteiger partial charge in [-0.05, 0) is 92.0 Å². The summed E-state index contributed by atoms with van der Waals surface area (Å²) >= 11 is 0. The van der Waals surface area contributed by atoms with Crippen LogP contribution in [0, 0.1) is 25.5 Å². The summed E-state index contributed by atoms with van der Waals surface area (Å²) in [5, 5.41) is 12.5. The number of hydrogen-bond acceptors (Lipinski definition) is 4. The monoisotopic (exact) mass is 494 g/mol. The van der Waals surface area contributed by atoms with Gasteiger partial charge in [-0.25, -0.2) is 8.78 Å². The van der Waals surface area contributed by atoms with Gasteiger partial charge < -0.3 is 20.1 Å². The lowest BCUT2D eigenvalue weighted by atomic mass is 10.0. The molecule has 0 spiro atoms. The van der Waals surface area contributed by atoms with Crippen LogP contribution < -0.4 is 10.1 Å². The summed E-state index contributed by atoms with van der Waals surface area (Å²) in [5.41, 5.74) is 4.83. The predicted molar refractivity (Wildman–Crippen MR) is 135 cm³/mol. The van der Waals surface area contributed by atoms with E-state index in [0.717, 1.165) is 39.4 Å². The number of carbonyl (C=O) groups is 2. The first kappa shape index (κ1) is 26.6. The number of aromatic nitrogens is 1. The quantitative estimate of drug-likeness (QED) is 0.258. The van der Waals surface area contributed by atoms with Gasteiger partial charge in [-0.3, -0.25) is 9.59 Å². The normalized spacial score (nSPS) is 10.6. The number of nitrogens with one attached hydrogen (secondary N) is 2. The number of aliphatic carboxylic acids is 1. The molecule has 0 atom stereocenters. The van der Waals surface area contributed by atoms with Gasteiger partial charge in [0.2, 0.25) is 0 Å². The van der Waals surface area contributed by atoms with Crippen molar-refractivity contribution < 1.29 is 28.2 Å². The number of halogens is 2. The van der Waals surface area contributed by atoms with Crippen LogP contribution in [-0.2, 0) is 17.8 Å². The average Bonchev–Trinajstić information content (AvgIpc) is 3.13. The average molecular weight is 495 g/mol. The smallest absolute Gasteiger partial charge is 0.303 e. The van der Waals surface area contributed by atoms with Gasteiger partial charge in [-0.15, -0.1) is 0 Å². The van der Waals surface area contributed by atoms with Crippen LogP contribution in [0.15, 0.2) is 54.6 Å². The van der Waals surface area contributed by atoms with Crippen molar-refractivity contribution in [2.45, 2.75) is 33.2 Å². The number of hydrogen-bond donors (Lipinski definition) is 3. The molecule has 188 valence electrons. The number of carbonyl (C=O) groups excluding carboxylic acids is 1. The number of benzene rings is 3. The van der Waals surface area contributed by atoms with Crippen molar-refractivity contribution in [1.82, 2.24) is 10.3 Å². The van der Waals surface area contributed by atoms with Crippen LogP contribution in [0.5, 0.6) is 11.5 Å². The highest BCUT2D eigenvalue weighted by atomic mass is 19.1. The maximum absolute atomic E-state index is 13.6. The van der Waals surface area contributed by atoms with E-state index in [1.807, 2.05) is 19.1 Å². The molecule has 3 aromatic carbocycles. The van der Waals surface area contributed by atoms with E-state index in [1.54, 1.807) is 32.2 Å². The lowest BCUT2D eigenvalue weighted by molar-refractivity contribution is -0.136. The molecule has 0 aliphatic carbocycles. The fourth-order valence-corrected chi connectivity index (χ4v) is 3.81. The molecule has 0 saturated heterocycles. The van der Waals surface area contributed by atoms with E-state index in [9.17, 15) is 18.4 Å². The Hall–Kier alpha value is -4.04. The number of carboxylic acid groups (broad SMARTS) is 1. The van der Waals surface area contributed by atoms with Gasteiger partial charge in [0.15, 0.2) is 6.29 Å². The van der Waals surface area contributed by atoms with E-state index in [1.165, 1.54) is 24.3 Å². The predicted octanol–water partition coefficient (Wildman–Crippen LogP) is 6.09. The molecule has 6 nitrogen and oxygen atoms in total. The van der Waals surface area contributed by atoms with Crippen LogP contribution in [0.1, 0.15) is 39.2 Å². The molecule has 8 heteroatoms. The van der Waals surface area contributed by atoms with E-state index in [2.05, 4.69) is 10.3 Å². The second-order valence-corrected chi connectivity index (χ2v) is 8.38. The molecule has 36 heavy (non-hydrogen) atoms. The molecule has 3 N–H and O–H groups in total.